The number of ether oxygens (including phenoxy) is 1. The van der Waals surface area contributed by atoms with Crippen molar-refractivity contribution in [3.8, 4) is 5.75 Å². The summed E-state index contributed by atoms with van der Waals surface area (Å²) in [6.07, 6.45) is 2.44. The van der Waals surface area contributed by atoms with Crippen LogP contribution >= 0.6 is 0 Å². The summed E-state index contributed by atoms with van der Waals surface area (Å²) in [6, 6.07) is 27.7. The van der Waals surface area contributed by atoms with Crippen LogP contribution in [0.15, 0.2) is 109 Å². The lowest BCUT2D eigenvalue weighted by molar-refractivity contribution is -0.130. The molecule has 1 saturated heterocycles. The molecule has 238 valence electrons. The maximum atomic E-state index is 13.8. The minimum Gasteiger partial charge on any atom is -0.423 e. The van der Waals surface area contributed by atoms with E-state index in [0.29, 0.717) is 30.0 Å². The number of benzene rings is 4. The smallest absolute Gasteiger partial charge is 0.343 e. The average molecular weight is 640 g/mol. The summed E-state index contributed by atoms with van der Waals surface area (Å²) in [5.74, 6) is -1.29. The topological polar surface area (TPSA) is 55.8 Å². The number of nitrogens with zero attached hydrogens (tertiary/aromatic N) is 1. The van der Waals surface area contributed by atoms with Gasteiger partial charge in [0, 0.05) is 5.69 Å². The molecular formula is C38H39F2NO4Si. The maximum absolute atomic E-state index is 13.8. The van der Waals surface area contributed by atoms with Crippen LogP contribution < -0.4 is 9.64 Å². The van der Waals surface area contributed by atoms with Crippen molar-refractivity contribution in [1.29, 1.82) is 0 Å². The molecule has 1 amide bonds. The molecule has 2 atom stereocenters. The van der Waals surface area contributed by atoms with E-state index in [1.807, 2.05) is 24.3 Å². The third-order valence-corrected chi connectivity index (χ3v) is 13.5. The van der Waals surface area contributed by atoms with Gasteiger partial charge in [0.1, 0.15) is 17.4 Å². The van der Waals surface area contributed by atoms with Crippen LogP contribution in [0.4, 0.5) is 14.5 Å². The van der Waals surface area contributed by atoms with E-state index in [-0.39, 0.29) is 28.6 Å². The molecule has 4 aromatic carbocycles. The Bertz CT molecular complexity index is 1700. The minimum absolute atomic E-state index is 0.00713. The molecule has 5 nitrogen and oxygen atoms in total. The van der Waals surface area contributed by atoms with Crippen molar-refractivity contribution < 1.29 is 27.5 Å². The van der Waals surface area contributed by atoms with E-state index in [1.165, 1.54) is 24.3 Å². The Labute approximate surface area is 270 Å². The van der Waals surface area contributed by atoms with Crippen LogP contribution in [0.25, 0.3) is 5.57 Å². The first kappa shape index (κ1) is 33.0. The number of rotatable bonds is 10. The lowest BCUT2D eigenvalue weighted by Crippen LogP contribution is -2.55. The zero-order valence-electron chi connectivity index (χ0n) is 26.8. The molecule has 0 unspecified atom stereocenters. The van der Waals surface area contributed by atoms with Gasteiger partial charge in [-0.1, -0.05) is 69.3 Å². The number of carbonyl (C=O) groups excluding carboxylic acids is 2. The van der Waals surface area contributed by atoms with Crippen LogP contribution in [0, 0.1) is 17.6 Å². The van der Waals surface area contributed by atoms with E-state index in [4.69, 9.17) is 9.16 Å². The van der Waals surface area contributed by atoms with E-state index in [2.05, 4.69) is 33.9 Å². The van der Waals surface area contributed by atoms with Gasteiger partial charge in [0.2, 0.25) is 5.91 Å². The Hall–Kier alpha value is -4.40. The highest BCUT2D eigenvalue weighted by Crippen LogP contribution is 2.46. The predicted molar refractivity (Wildman–Crippen MR) is 180 cm³/mol. The predicted octanol–water partition coefficient (Wildman–Crippen LogP) is 9.38. The fraction of sp³-hybridized carbons (Fsp3) is 0.263. The van der Waals surface area contributed by atoms with Crippen molar-refractivity contribution in [1.82, 2.24) is 0 Å². The monoisotopic (exact) mass is 639 g/mol. The van der Waals surface area contributed by atoms with Gasteiger partial charge < -0.3 is 14.1 Å². The normalized spacial score (nSPS) is 17.1. The molecule has 0 aliphatic carbocycles. The Morgan fingerprint density at radius 3 is 2.00 bits per heavy atom. The van der Waals surface area contributed by atoms with Gasteiger partial charge in [-0.25, -0.2) is 13.6 Å². The number of β-lactam (4-membered cyclic amide) rings is 1. The Kier molecular flexibility index (Phi) is 9.70. The molecule has 8 heteroatoms. The molecule has 1 heterocycles. The SMILES string of the molecule is CC(C)(C)[Si](C)(C)OC/C(=C/C[C@H]1C(=O)N(c2ccc(F)cc2)[C@@H]1c1ccc(OC(=O)c2ccccc2)cc1)c1ccc(F)cc1. The molecule has 46 heavy (non-hydrogen) atoms. The van der Waals surface area contributed by atoms with Crippen LogP contribution in [0.1, 0.15) is 54.7 Å². The van der Waals surface area contributed by atoms with Crippen molar-refractivity contribution in [2.24, 2.45) is 5.92 Å². The number of carbonyl (C=O) groups is 2. The van der Waals surface area contributed by atoms with Crippen molar-refractivity contribution in [2.75, 3.05) is 11.5 Å². The first-order valence-electron chi connectivity index (χ1n) is 15.4. The summed E-state index contributed by atoms with van der Waals surface area (Å²) in [5.41, 5.74) is 3.61. The highest BCUT2D eigenvalue weighted by molar-refractivity contribution is 6.74. The number of hydrogen-bond acceptors (Lipinski definition) is 4. The van der Waals surface area contributed by atoms with Gasteiger partial charge in [0.25, 0.3) is 0 Å². The van der Waals surface area contributed by atoms with Crippen molar-refractivity contribution in [2.45, 2.75) is 51.4 Å². The van der Waals surface area contributed by atoms with Gasteiger partial charge in [-0.15, -0.1) is 0 Å². The number of halogens is 2. The van der Waals surface area contributed by atoms with Crippen LogP contribution in [-0.4, -0.2) is 26.8 Å². The van der Waals surface area contributed by atoms with Crippen LogP contribution in [0.5, 0.6) is 5.75 Å². The molecule has 1 aliphatic heterocycles. The molecule has 1 aliphatic rings. The molecule has 5 rings (SSSR count). The molecule has 0 N–H and O–H groups in total. The standard InChI is InChI=1S/C38H39F2NO4Si/c1-38(2,3)46(4,5)44-25-29(26-11-16-30(39)17-12-26)15-24-34-35(41(36(34)42)32-20-18-31(40)19-21-32)27-13-22-33(23-14-27)45-37(43)28-9-7-6-8-10-28/h6-23,34-35H,24-25H2,1-5H3/b29-15-/t34-,35-/m1/s1. The second-order valence-corrected chi connectivity index (χ2v) is 17.9. The molecule has 1 fully saturated rings. The van der Waals surface area contributed by atoms with Crippen molar-refractivity contribution >= 4 is 31.5 Å². The summed E-state index contributed by atoms with van der Waals surface area (Å²) >= 11 is 0. The van der Waals surface area contributed by atoms with Gasteiger partial charge in [0.15, 0.2) is 8.32 Å². The maximum Gasteiger partial charge on any atom is 0.343 e. The molecule has 0 saturated carbocycles. The minimum atomic E-state index is -2.10. The van der Waals surface area contributed by atoms with E-state index in [9.17, 15) is 18.4 Å². The molecule has 0 radical (unpaired) electrons. The molecule has 0 aromatic heterocycles. The fourth-order valence-corrected chi connectivity index (χ4v) is 6.14. The van der Waals surface area contributed by atoms with Gasteiger partial charge in [-0.2, -0.15) is 0 Å². The van der Waals surface area contributed by atoms with Gasteiger partial charge in [-0.3, -0.25) is 4.79 Å². The number of allylic oxidation sites excluding steroid dienone is 1. The first-order chi connectivity index (χ1) is 21.8. The Morgan fingerprint density at radius 2 is 1.41 bits per heavy atom. The molecule has 0 spiro atoms. The number of anilines is 1. The van der Waals surface area contributed by atoms with Gasteiger partial charge in [-0.05, 0) is 102 Å². The number of hydrogen-bond donors (Lipinski definition) is 0. The molecule has 0 bridgehead atoms. The van der Waals surface area contributed by atoms with Crippen LogP contribution in [0.3, 0.4) is 0 Å². The summed E-state index contributed by atoms with van der Waals surface area (Å²) in [7, 11) is -2.10. The average Bonchev–Trinajstić information content (AvgIpc) is 3.03. The summed E-state index contributed by atoms with van der Waals surface area (Å²) < 4.78 is 39.7. The Morgan fingerprint density at radius 1 is 0.826 bits per heavy atom. The highest BCUT2D eigenvalue weighted by Gasteiger charge is 2.48. The fourth-order valence-electron chi connectivity index (χ4n) is 5.19. The zero-order chi connectivity index (χ0) is 33.1. The van der Waals surface area contributed by atoms with Crippen LogP contribution in [-0.2, 0) is 9.22 Å². The quantitative estimate of drug-likeness (QED) is 0.0751. The van der Waals surface area contributed by atoms with E-state index < -0.39 is 20.2 Å². The third-order valence-electron chi connectivity index (χ3n) is 8.99. The van der Waals surface area contributed by atoms with Crippen LogP contribution in [0.2, 0.25) is 18.1 Å². The summed E-state index contributed by atoms with van der Waals surface area (Å²) in [5, 5.41) is 0.00713. The van der Waals surface area contributed by atoms with Crippen molar-refractivity contribution in [3.05, 3.63) is 138 Å². The number of esters is 1. The second-order valence-electron chi connectivity index (χ2n) is 13.1. The lowest BCUT2D eigenvalue weighted by Gasteiger charge is -2.47. The Balaban J connectivity index is 1.42. The largest absolute Gasteiger partial charge is 0.423 e. The first-order valence-corrected chi connectivity index (χ1v) is 18.3. The van der Waals surface area contributed by atoms with E-state index >= 15 is 0 Å². The molecular weight excluding hydrogens is 601 g/mol. The number of amides is 1. The van der Waals surface area contributed by atoms with E-state index in [1.54, 1.807) is 65.6 Å². The summed E-state index contributed by atoms with van der Waals surface area (Å²) in [6.45, 7) is 11.2. The van der Waals surface area contributed by atoms with Gasteiger partial charge in [0.05, 0.1) is 24.1 Å². The van der Waals surface area contributed by atoms with Gasteiger partial charge >= 0.3 is 5.97 Å². The lowest BCUT2D eigenvalue weighted by atomic mass is 9.79. The second kappa shape index (κ2) is 13.5. The molecule has 4 aromatic rings. The third kappa shape index (κ3) is 7.35. The zero-order valence-corrected chi connectivity index (χ0v) is 27.8. The van der Waals surface area contributed by atoms with Crippen molar-refractivity contribution in [3.63, 3.8) is 0 Å². The highest BCUT2D eigenvalue weighted by atomic mass is 28.4. The summed E-state index contributed by atoms with van der Waals surface area (Å²) in [4.78, 5) is 27.9. The van der Waals surface area contributed by atoms with E-state index in [0.717, 1.165) is 16.7 Å².